The average molecular weight is 287 g/mol. The molecule has 0 heterocycles. The molecule has 5 heteroatoms. The van der Waals surface area contributed by atoms with E-state index in [1.54, 1.807) is 31.2 Å². The molecule has 1 aromatic rings. The highest BCUT2D eigenvalue weighted by atomic mass is 19.4. The predicted molar refractivity (Wildman–Crippen MR) is 72.5 cm³/mol. The summed E-state index contributed by atoms with van der Waals surface area (Å²) in [6.45, 7) is 1.61. The molecule has 0 aliphatic heterocycles. The molecular formula is C15H20F3NO. The Morgan fingerprint density at radius 3 is 2.50 bits per heavy atom. The fourth-order valence-corrected chi connectivity index (χ4v) is 2.89. The number of hydrogen-bond donors (Lipinski definition) is 2. The lowest BCUT2D eigenvalue weighted by Gasteiger charge is -2.34. The molecule has 1 fully saturated rings. The number of rotatable bonds is 3. The first-order valence-corrected chi connectivity index (χ1v) is 7.00. The van der Waals surface area contributed by atoms with Crippen LogP contribution in [0, 0.1) is 5.92 Å². The third-order valence-electron chi connectivity index (χ3n) is 3.94. The van der Waals surface area contributed by atoms with E-state index in [1.165, 1.54) is 0 Å². The van der Waals surface area contributed by atoms with Crippen molar-refractivity contribution >= 4 is 5.69 Å². The largest absolute Gasteiger partial charge is 0.393 e. The molecule has 3 atom stereocenters. The minimum absolute atomic E-state index is 0.179. The van der Waals surface area contributed by atoms with Gasteiger partial charge in [0.2, 0.25) is 0 Å². The molecule has 0 aromatic heterocycles. The Labute approximate surface area is 117 Å². The fourth-order valence-electron chi connectivity index (χ4n) is 2.89. The fraction of sp³-hybridized carbons (Fsp3) is 0.600. The summed E-state index contributed by atoms with van der Waals surface area (Å²) < 4.78 is 39.2. The number of hydrogen-bond acceptors (Lipinski definition) is 2. The molecular weight excluding hydrogens is 267 g/mol. The highest BCUT2D eigenvalue weighted by molar-refractivity contribution is 5.52. The van der Waals surface area contributed by atoms with Crippen LogP contribution in [0.25, 0.3) is 0 Å². The highest BCUT2D eigenvalue weighted by Gasteiger charge is 2.45. The molecule has 2 N–H and O–H groups in total. The quantitative estimate of drug-likeness (QED) is 0.870. The molecule has 0 saturated heterocycles. The van der Waals surface area contributed by atoms with Crippen LogP contribution >= 0.6 is 0 Å². The molecule has 3 unspecified atom stereocenters. The van der Waals surface area contributed by atoms with Crippen molar-refractivity contribution in [3.05, 3.63) is 29.8 Å². The van der Waals surface area contributed by atoms with Crippen LogP contribution < -0.4 is 5.32 Å². The summed E-state index contributed by atoms with van der Waals surface area (Å²) >= 11 is 0. The van der Waals surface area contributed by atoms with Gasteiger partial charge < -0.3 is 10.4 Å². The second kappa shape index (κ2) is 6.04. The molecule has 1 saturated carbocycles. The Morgan fingerprint density at radius 2 is 1.85 bits per heavy atom. The van der Waals surface area contributed by atoms with Gasteiger partial charge in [-0.3, -0.25) is 0 Å². The maximum Gasteiger partial charge on any atom is 0.393 e. The second-order valence-corrected chi connectivity index (χ2v) is 5.45. The SMILES string of the molecule is CC(O)c1ccccc1NC1CCCCC1C(F)(F)F. The van der Waals surface area contributed by atoms with Gasteiger partial charge in [0.1, 0.15) is 0 Å². The van der Waals surface area contributed by atoms with Gasteiger partial charge in [-0.05, 0) is 25.8 Å². The second-order valence-electron chi connectivity index (χ2n) is 5.45. The van der Waals surface area contributed by atoms with Crippen LogP contribution in [0.15, 0.2) is 24.3 Å². The molecule has 0 bridgehead atoms. The number of benzene rings is 1. The van der Waals surface area contributed by atoms with Crippen molar-refractivity contribution in [3.8, 4) is 0 Å². The van der Waals surface area contributed by atoms with Crippen molar-refractivity contribution in [1.29, 1.82) is 0 Å². The van der Waals surface area contributed by atoms with Crippen molar-refractivity contribution in [2.75, 3.05) is 5.32 Å². The van der Waals surface area contributed by atoms with Gasteiger partial charge in [0.15, 0.2) is 0 Å². The maximum atomic E-state index is 13.1. The molecule has 2 rings (SSSR count). The van der Waals surface area contributed by atoms with Crippen LogP contribution in [0.1, 0.15) is 44.3 Å². The van der Waals surface area contributed by atoms with Crippen molar-refractivity contribution in [1.82, 2.24) is 0 Å². The number of alkyl halides is 3. The molecule has 2 nitrogen and oxygen atoms in total. The highest BCUT2D eigenvalue weighted by Crippen LogP contribution is 2.39. The third-order valence-corrected chi connectivity index (χ3v) is 3.94. The van der Waals surface area contributed by atoms with Gasteiger partial charge in [-0.2, -0.15) is 13.2 Å². The topological polar surface area (TPSA) is 32.3 Å². The zero-order valence-electron chi connectivity index (χ0n) is 11.5. The van der Waals surface area contributed by atoms with Crippen LogP contribution in [-0.2, 0) is 0 Å². The monoisotopic (exact) mass is 287 g/mol. The number of para-hydroxylation sites is 1. The van der Waals surface area contributed by atoms with Gasteiger partial charge in [0.25, 0.3) is 0 Å². The first-order chi connectivity index (χ1) is 9.39. The molecule has 1 aliphatic rings. The Balaban J connectivity index is 2.19. The average Bonchev–Trinajstić information content (AvgIpc) is 2.38. The van der Waals surface area contributed by atoms with Crippen LogP contribution in [0.4, 0.5) is 18.9 Å². The summed E-state index contributed by atoms with van der Waals surface area (Å²) in [7, 11) is 0. The molecule has 1 aliphatic carbocycles. The zero-order valence-corrected chi connectivity index (χ0v) is 11.5. The van der Waals surface area contributed by atoms with Crippen LogP contribution in [0.3, 0.4) is 0 Å². The normalized spacial score (nSPS) is 25.2. The molecule has 1 aromatic carbocycles. The Bertz CT molecular complexity index is 445. The zero-order chi connectivity index (χ0) is 14.8. The standard InChI is InChI=1S/C15H20F3NO/c1-10(20)11-6-2-4-8-13(11)19-14-9-5-3-7-12(14)15(16,17)18/h2,4,6,8,10,12,14,19-20H,3,5,7,9H2,1H3. The summed E-state index contributed by atoms with van der Waals surface area (Å²) in [5.41, 5.74) is 1.24. The number of halogens is 3. The van der Waals surface area contributed by atoms with Gasteiger partial charge in [0.05, 0.1) is 12.0 Å². The van der Waals surface area contributed by atoms with E-state index in [-0.39, 0.29) is 6.42 Å². The third kappa shape index (κ3) is 3.45. The first kappa shape index (κ1) is 15.2. The molecule has 0 radical (unpaired) electrons. The van der Waals surface area contributed by atoms with E-state index in [0.29, 0.717) is 24.1 Å². The molecule has 0 amide bonds. The van der Waals surface area contributed by atoms with Gasteiger partial charge in [-0.25, -0.2) is 0 Å². The summed E-state index contributed by atoms with van der Waals surface area (Å²) in [5.74, 6) is -1.31. The van der Waals surface area contributed by atoms with Gasteiger partial charge >= 0.3 is 6.18 Å². The smallest absolute Gasteiger partial charge is 0.389 e. The lowest BCUT2D eigenvalue weighted by Crippen LogP contribution is -2.41. The maximum absolute atomic E-state index is 13.1. The Hall–Kier alpha value is -1.23. The van der Waals surface area contributed by atoms with Gasteiger partial charge in [-0.15, -0.1) is 0 Å². The summed E-state index contributed by atoms with van der Waals surface area (Å²) in [6, 6.07) is 6.39. The van der Waals surface area contributed by atoms with Crippen LogP contribution in [0.2, 0.25) is 0 Å². The number of aliphatic hydroxyl groups is 1. The minimum Gasteiger partial charge on any atom is -0.389 e. The van der Waals surface area contributed by atoms with E-state index >= 15 is 0 Å². The first-order valence-electron chi connectivity index (χ1n) is 7.00. The lowest BCUT2D eigenvalue weighted by molar-refractivity contribution is -0.184. The molecule has 0 spiro atoms. The van der Waals surface area contributed by atoms with E-state index in [0.717, 1.165) is 6.42 Å². The number of aliphatic hydroxyl groups excluding tert-OH is 1. The molecule has 112 valence electrons. The van der Waals surface area contributed by atoms with E-state index < -0.39 is 24.2 Å². The van der Waals surface area contributed by atoms with E-state index in [2.05, 4.69) is 5.32 Å². The van der Waals surface area contributed by atoms with Crippen molar-refractivity contribution < 1.29 is 18.3 Å². The van der Waals surface area contributed by atoms with E-state index in [9.17, 15) is 18.3 Å². The summed E-state index contributed by atoms with van der Waals surface area (Å²) in [5, 5.41) is 12.7. The van der Waals surface area contributed by atoms with Crippen LogP contribution in [0.5, 0.6) is 0 Å². The van der Waals surface area contributed by atoms with Crippen LogP contribution in [-0.4, -0.2) is 17.3 Å². The van der Waals surface area contributed by atoms with Crippen molar-refractivity contribution in [3.63, 3.8) is 0 Å². The Kier molecular flexibility index (Phi) is 4.58. The predicted octanol–water partition coefficient (Wildman–Crippen LogP) is 4.27. The summed E-state index contributed by atoms with van der Waals surface area (Å²) in [6.07, 6.45) is -2.75. The van der Waals surface area contributed by atoms with E-state index in [4.69, 9.17) is 0 Å². The Morgan fingerprint density at radius 1 is 1.20 bits per heavy atom. The molecule has 20 heavy (non-hydrogen) atoms. The number of anilines is 1. The van der Waals surface area contributed by atoms with Gasteiger partial charge in [0, 0.05) is 17.3 Å². The van der Waals surface area contributed by atoms with Gasteiger partial charge in [-0.1, -0.05) is 31.0 Å². The lowest BCUT2D eigenvalue weighted by atomic mass is 9.83. The summed E-state index contributed by atoms with van der Waals surface area (Å²) in [4.78, 5) is 0. The van der Waals surface area contributed by atoms with Crippen molar-refractivity contribution in [2.45, 2.75) is 50.9 Å². The number of nitrogens with one attached hydrogen (secondary N) is 1. The van der Waals surface area contributed by atoms with Crippen molar-refractivity contribution in [2.24, 2.45) is 5.92 Å². The van der Waals surface area contributed by atoms with E-state index in [1.807, 2.05) is 0 Å². The minimum atomic E-state index is -4.17.